The van der Waals surface area contributed by atoms with E-state index in [0.717, 1.165) is 19.4 Å². The molecule has 1 heterocycles. The first kappa shape index (κ1) is 10.5. The molecule has 1 aromatic rings. The highest BCUT2D eigenvalue weighted by Gasteiger charge is 1.99. The number of Topliss-reactive ketones (excluding diaryl/α,β-unsaturated/α-hetero) is 1. The molecule has 0 N–H and O–H groups in total. The number of hydrogen-bond acceptors (Lipinski definition) is 2. The Morgan fingerprint density at radius 2 is 2.36 bits per heavy atom. The van der Waals surface area contributed by atoms with E-state index in [1.807, 2.05) is 16.8 Å². The molecule has 0 fully saturated rings. The van der Waals surface area contributed by atoms with Gasteiger partial charge in [-0.3, -0.25) is 0 Å². The molecule has 0 aliphatic carbocycles. The quantitative estimate of drug-likeness (QED) is 0.667. The summed E-state index contributed by atoms with van der Waals surface area (Å²) < 4.78 is 1.92. The number of unbranched alkanes of at least 4 members (excludes halogenated alkanes) is 1. The lowest BCUT2D eigenvalue weighted by molar-refractivity contribution is -0.117. The fourth-order valence-electron chi connectivity index (χ4n) is 1.37. The number of ketones is 1. The van der Waals surface area contributed by atoms with Crippen LogP contribution in [0.15, 0.2) is 18.3 Å². The van der Waals surface area contributed by atoms with Crippen molar-refractivity contribution in [1.82, 2.24) is 4.57 Å². The van der Waals surface area contributed by atoms with Crippen molar-refractivity contribution in [3.63, 3.8) is 0 Å². The predicted octanol–water partition coefficient (Wildman–Crippen LogP) is 2.12. The van der Waals surface area contributed by atoms with Gasteiger partial charge in [0.15, 0.2) is 0 Å². The van der Waals surface area contributed by atoms with Crippen LogP contribution < -0.4 is 0 Å². The summed E-state index contributed by atoms with van der Waals surface area (Å²) in [4.78, 5) is 10.7. The van der Waals surface area contributed by atoms with Crippen molar-refractivity contribution in [3.8, 4) is 6.07 Å². The SMILES string of the molecule is CC(=O)CCCCn1cccc1C#N. The third kappa shape index (κ3) is 3.06. The highest BCUT2D eigenvalue weighted by atomic mass is 16.1. The van der Waals surface area contributed by atoms with Gasteiger partial charge in [0.25, 0.3) is 0 Å². The molecule has 0 radical (unpaired) electrons. The number of nitriles is 1. The Balaban J connectivity index is 2.32. The van der Waals surface area contributed by atoms with Gasteiger partial charge in [-0.2, -0.15) is 5.26 Å². The Kier molecular flexibility index (Phi) is 3.93. The van der Waals surface area contributed by atoms with E-state index in [2.05, 4.69) is 6.07 Å². The summed E-state index contributed by atoms with van der Waals surface area (Å²) in [5, 5.41) is 8.73. The van der Waals surface area contributed by atoms with Crippen LogP contribution in [0, 0.1) is 11.3 Å². The zero-order valence-corrected chi connectivity index (χ0v) is 8.36. The molecule has 0 saturated carbocycles. The van der Waals surface area contributed by atoms with E-state index in [-0.39, 0.29) is 5.78 Å². The number of nitrogens with zero attached hydrogens (tertiary/aromatic N) is 2. The van der Waals surface area contributed by atoms with Gasteiger partial charge in [0.2, 0.25) is 0 Å². The Morgan fingerprint density at radius 3 is 3.00 bits per heavy atom. The number of hydrogen-bond donors (Lipinski definition) is 0. The molecule has 0 unspecified atom stereocenters. The van der Waals surface area contributed by atoms with Crippen molar-refractivity contribution < 1.29 is 4.79 Å². The first-order valence-electron chi connectivity index (χ1n) is 4.78. The summed E-state index contributed by atoms with van der Waals surface area (Å²) in [5.41, 5.74) is 0.688. The Labute approximate surface area is 84.0 Å². The molecule has 0 amide bonds. The van der Waals surface area contributed by atoms with E-state index in [1.165, 1.54) is 0 Å². The molecule has 0 saturated heterocycles. The molecule has 14 heavy (non-hydrogen) atoms. The van der Waals surface area contributed by atoms with Crippen LogP contribution in [-0.2, 0) is 11.3 Å². The summed E-state index contributed by atoms with van der Waals surface area (Å²) >= 11 is 0. The van der Waals surface area contributed by atoms with Gasteiger partial charge < -0.3 is 9.36 Å². The van der Waals surface area contributed by atoms with Crippen LogP contribution in [0.5, 0.6) is 0 Å². The van der Waals surface area contributed by atoms with E-state index < -0.39 is 0 Å². The van der Waals surface area contributed by atoms with Crippen molar-refractivity contribution in [2.24, 2.45) is 0 Å². The van der Waals surface area contributed by atoms with E-state index in [0.29, 0.717) is 12.1 Å². The summed E-state index contributed by atoms with van der Waals surface area (Å²) in [6, 6.07) is 5.78. The highest BCUT2D eigenvalue weighted by molar-refractivity contribution is 5.75. The topological polar surface area (TPSA) is 45.8 Å². The molecular weight excluding hydrogens is 176 g/mol. The summed E-state index contributed by atoms with van der Waals surface area (Å²) in [6.07, 6.45) is 4.39. The van der Waals surface area contributed by atoms with Crippen LogP contribution in [0.2, 0.25) is 0 Å². The standard InChI is InChI=1S/C11H14N2O/c1-10(14)5-2-3-7-13-8-4-6-11(13)9-12/h4,6,8H,2-3,5,7H2,1H3. The number of carbonyl (C=O) groups excluding carboxylic acids is 1. The molecule has 0 atom stereocenters. The molecule has 1 rings (SSSR count). The first-order valence-corrected chi connectivity index (χ1v) is 4.78. The van der Waals surface area contributed by atoms with Crippen LogP contribution in [0.25, 0.3) is 0 Å². The maximum absolute atomic E-state index is 10.7. The lowest BCUT2D eigenvalue weighted by Gasteiger charge is -2.03. The molecule has 0 aromatic carbocycles. The average molecular weight is 190 g/mol. The largest absolute Gasteiger partial charge is 0.339 e. The second-order valence-electron chi connectivity index (χ2n) is 3.36. The lowest BCUT2D eigenvalue weighted by atomic mass is 10.2. The molecule has 74 valence electrons. The maximum Gasteiger partial charge on any atom is 0.129 e. The van der Waals surface area contributed by atoms with Crippen LogP contribution in [-0.4, -0.2) is 10.4 Å². The third-order valence-corrected chi connectivity index (χ3v) is 2.12. The average Bonchev–Trinajstić information content (AvgIpc) is 2.59. The van der Waals surface area contributed by atoms with Crippen molar-refractivity contribution in [2.75, 3.05) is 0 Å². The van der Waals surface area contributed by atoms with Crippen LogP contribution in [0.1, 0.15) is 31.9 Å². The molecular formula is C11H14N2O. The minimum Gasteiger partial charge on any atom is -0.339 e. The lowest BCUT2D eigenvalue weighted by Crippen LogP contribution is -2.00. The minimum atomic E-state index is 0.234. The van der Waals surface area contributed by atoms with Crippen LogP contribution in [0.4, 0.5) is 0 Å². The number of rotatable bonds is 5. The fraction of sp³-hybridized carbons (Fsp3) is 0.455. The Bertz CT molecular complexity index is 346. The van der Waals surface area contributed by atoms with Gasteiger partial charge in [0.05, 0.1) is 0 Å². The minimum absolute atomic E-state index is 0.234. The summed E-state index contributed by atoms with van der Waals surface area (Å²) in [6.45, 7) is 2.43. The van der Waals surface area contributed by atoms with Crippen LogP contribution >= 0.6 is 0 Å². The maximum atomic E-state index is 10.7. The van der Waals surface area contributed by atoms with Crippen molar-refractivity contribution in [3.05, 3.63) is 24.0 Å². The monoisotopic (exact) mass is 190 g/mol. The summed E-state index contributed by atoms with van der Waals surface area (Å²) in [5.74, 6) is 0.234. The Morgan fingerprint density at radius 1 is 1.57 bits per heavy atom. The molecule has 0 aliphatic rings. The van der Waals surface area contributed by atoms with E-state index in [9.17, 15) is 4.79 Å². The number of aromatic nitrogens is 1. The molecule has 0 spiro atoms. The predicted molar refractivity (Wildman–Crippen MR) is 53.7 cm³/mol. The molecule has 3 nitrogen and oxygen atoms in total. The van der Waals surface area contributed by atoms with E-state index >= 15 is 0 Å². The first-order chi connectivity index (χ1) is 6.74. The zero-order chi connectivity index (χ0) is 10.4. The van der Waals surface area contributed by atoms with E-state index in [4.69, 9.17) is 5.26 Å². The van der Waals surface area contributed by atoms with E-state index in [1.54, 1.807) is 13.0 Å². The van der Waals surface area contributed by atoms with Gasteiger partial charge in [-0.1, -0.05) is 0 Å². The number of aryl methyl sites for hydroxylation is 1. The van der Waals surface area contributed by atoms with Crippen molar-refractivity contribution >= 4 is 5.78 Å². The fourth-order valence-corrected chi connectivity index (χ4v) is 1.37. The third-order valence-electron chi connectivity index (χ3n) is 2.12. The highest BCUT2D eigenvalue weighted by Crippen LogP contribution is 2.04. The second kappa shape index (κ2) is 5.23. The zero-order valence-electron chi connectivity index (χ0n) is 8.36. The molecule has 1 aromatic heterocycles. The smallest absolute Gasteiger partial charge is 0.129 e. The Hall–Kier alpha value is -1.56. The summed E-state index contributed by atoms with van der Waals surface area (Å²) in [7, 11) is 0. The molecule has 3 heteroatoms. The van der Waals surface area contributed by atoms with Crippen molar-refractivity contribution in [1.29, 1.82) is 5.26 Å². The normalized spacial score (nSPS) is 9.71. The van der Waals surface area contributed by atoms with Gasteiger partial charge in [-0.25, -0.2) is 0 Å². The molecule has 0 bridgehead atoms. The van der Waals surface area contributed by atoms with Gasteiger partial charge in [-0.05, 0) is 31.9 Å². The van der Waals surface area contributed by atoms with Crippen LogP contribution in [0.3, 0.4) is 0 Å². The molecule has 0 aliphatic heterocycles. The van der Waals surface area contributed by atoms with Gasteiger partial charge in [0.1, 0.15) is 17.5 Å². The van der Waals surface area contributed by atoms with Gasteiger partial charge in [0, 0.05) is 19.2 Å². The second-order valence-corrected chi connectivity index (χ2v) is 3.36. The number of carbonyl (C=O) groups is 1. The van der Waals surface area contributed by atoms with Crippen molar-refractivity contribution in [2.45, 2.75) is 32.7 Å². The van der Waals surface area contributed by atoms with Gasteiger partial charge in [-0.15, -0.1) is 0 Å². The van der Waals surface area contributed by atoms with Gasteiger partial charge >= 0.3 is 0 Å².